The summed E-state index contributed by atoms with van der Waals surface area (Å²) in [5, 5.41) is 39.7. The van der Waals surface area contributed by atoms with Crippen molar-refractivity contribution >= 4 is 51.9 Å². The summed E-state index contributed by atoms with van der Waals surface area (Å²) in [5.41, 5.74) is 3.84. The molecule has 16 heteroatoms. The molecule has 1 aliphatic carbocycles. The largest absolute Gasteiger partial charge is 0.488 e. The topological polar surface area (TPSA) is 194 Å². The predicted octanol–water partition coefficient (Wildman–Crippen LogP) is 3.85. The first-order valence-electron chi connectivity index (χ1n) is 16.9. The van der Waals surface area contributed by atoms with Crippen LogP contribution in [-0.2, 0) is 19.2 Å². The van der Waals surface area contributed by atoms with Gasteiger partial charge in [0.05, 0.1) is 17.4 Å². The van der Waals surface area contributed by atoms with Gasteiger partial charge in [-0.1, -0.05) is 6.07 Å². The minimum absolute atomic E-state index is 0.0195. The third-order valence-electron chi connectivity index (χ3n) is 8.48. The number of ether oxygens (including phenoxy) is 2. The maximum Gasteiger partial charge on any atom is 0.323 e. The quantitative estimate of drug-likeness (QED) is 0.0607. The summed E-state index contributed by atoms with van der Waals surface area (Å²) in [7, 11) is 7.65. The standard InChI is InChI=1S/C39H39FN4O11/c1-41(2)25-7-9-27-31(17-25)55-32-18-26(42(3)4)8-10-28(32)39(27)23-5-11-29(43(19-35(45)46)20-36(47)48)33(15-23)53-13-14-54-34-16-24(40)6-12-30(34)44(21-37(49)50)22-38(51)52/h5-12,15-18H,13-14,19-22H2,1-4H3,(H3-,45,46,47,48,49,50,51,52)/p+1. The molecule has 0 radical (unpaired) electrons. The van der Waals surface area contributed by atoms with E-state index in [1.807, 2.05) is 74.1 Å². The zero-order valence-corrected chi connectivity index (χ0v) is 30.5. The second-order valence-corrected chi connectivity index (χ2v) is 12.9. The van der Waals surface area contributed by atoms with Gasteiger partial charge in [0.15, 0.2) is 0 Å². The monoisotopic (exact) mass is 759 g/mol. The second kappa shape index (κ2) is 16.9. The second-order valence-electron chi connectivity index (χ2n) is 12.9. The number of hydrogen-bond acceptors (Lipinski definition) is 10. The van der Waals surface area contributed by atoms with Crippen molar-refractivity contribution in [1.82, 2.24) is 4.58 Å². The van der Waals surface area contributed by atoms with Crippen LogP contribution in [0.2, 0.25) is 0 Å². The number of carboxylic acid groups (broad SMARTS) is 4. The van der Waals surface area contributed by atoms with Crippen LogP contribution in [-0.4, -0.2) is 112 Å². The molecule has 4 N–H and O–H groups in total. The maximum atomic E-state index is 14.3. The van der Waals surface area contributed by atoms with Gasteiger partial charge in [0.2, 0.25) is 5.36 Å². The Hall–Kier alpha value is -6.84. The van der Waals surface area contributed by atoms with E-state index in [1.165, 1.54) is 6.07 Å². The van der Waals surface area contributed by atoms with Crippen LogP contribution in [0.15, 0.2) is 77.2 Å². The average molecular weight is 760 g/mol. The molecule has 0 aromatic heterocycles. The number of rotatable bonds is 17. The van der Waals surface area contributed by atoms with Crippen molar-refractivity contribution in [3.63, 3.8) is 0 Å². The number of carboxylic acids is 4. The van der Waals surface area contributed by atoms with E-state index < -0.39 is 55.9 Å². The SMILES string of the molecule is CN(C)c1ccc2c(-c3ccc(N(CC(=O)O)CC(=O)O)c(OCCOc4cc(F)ccc4N(CC(=O)O)CC(=O)O)c3)c3ccc(=[N+](C)C)cc-3oc2c1. The highest BCUT2D eigenvalue weighted by molar-refractivity contribution is 6.03. The smallest absolute Gasteiger partial charge is 0.323 e. The Morgan fingerprint density at radius 1 is 0.691 bits per heavy atom. The van der Waals surface area contributed by atoms with Crippen LogP contribution in [0.25, 0.3) is 33.4 Å². The van der Waals surface area contributed by atoms with Crippen LogP contribution >= 0.6 is 0 Å². The minimum atomic E-state index is -1.32. The summed E-state index contributed by atoms with van der Waals surface area (Å²) >= 11 is 0. The normalized spacial score (nSPS) is 10.9. The summed E-state index contributed by atoms with van der Waals surface area (Å²) in [6, 6.07) is 19.8. The lowest BCUT2D eigenvalue weighted by molar-refractivity contribution is -0.138. The lowest BCUT2D eigenvalue weighted by Gasteiger charge is -2.25. The Bertz CT molecular complexity index is 2270. The van der Waals surface area contributed by atoms with Crippen LogP contribution in [0.5, 0.6) is 11.5 Å². The van der Waals surface area contributed by atoms with Crippen molar-refractivity contribution in [3.05, 3.63) is 84.0 Å². The molecule has 0 amide bonds. The van der Waals surface area contributed by atoms with Gasteiger partial charge in [0.1, 0.15) is 82.1 Å². The first-order valence-corrected chi connectivity index (χ1v) is 16.9. The number of fused-ring (bicyclic) bond motifs is 2. The fourth-order valence-corrected chi connectivity index (χ4v) is 6.06. The number of benzene rings is 4. The number of carbonyl (C=O) groups is 4. The number of nitrogens with zero attached hydrogens (tertiary/aromatic N) is 4. The van der Waals surface area contributed by atoms with Crippen molar-refractivity contribution in [1.29, 1.82) is 0 Å². The van der Waals surface area contributed by atoms with Crippen LogP contribution in [0.4, 0.5) is 21.5 Å². The van der Waals surface area contributed by atoms with E-state index in [9.17, 15) is 44.0 Å². The summed E-state index contributed by atoms with van der Waals surface area (Å²) in [6.07, 6.45) is 0. The van der Waals surface area contributed by atoms with Crippen LogP contribution in [0.1, 0.15) is 0 Å². The Kier molecular flexibility index (Phi) is 12.1. The zero-order valence-electron chi connectivity index (χ0n) is 30.5. The zero-order chi connectivity index (χ0) is 40.0. The molecule has 0 spiro atoms. The predicted molar refractivity (Wildman–Crippen MR) is 202 cm³/mol. The van der Waals surface area contributed by atoms with Gasteiger partial charge in [-0.25, -0.2) is 8.97 Å². The van der Waals surface area contributed by atoms with Gasteiger partial charge < -0.3 is 49.0 Å². The molecule has 15 nitrogen and oxygen atoms in total. The van der Waals surface area contributed by atoms with E-state index in [-0.39, 0.29) is 36.1 Å². The van der Waals surface area contributed by atoms with E-state index >= 15 is 0 Å². The minimum Gasteiger partial charge on any atom is -0.488 e. The van der Waals surface area contributed by atoms with Crippen LogP contribution in [0.3, 0.4) is 0 Å². The molecular formula is C39H40FN4O11+. The summed E-state index contributed by atoms with van der Waals surface area (Å²) in [6.45, 7) is -3.22. The van der Waals surface area contributed by atoms with Crippen LogP contribution in [0, 0.1) is 5.82 Å². The van der Waals surface area contributed by atoms with Crippen molar-refractivity contribution in [2.75, 3.05) is 82.3 Å². The molecular weight excluding hydrogens is 719 g/mol. The van der Waals surface area contributed by atoms with Crippen LogP contribution < -0.4 is 34.1 Å². The molecule has 288 valence electrons. The third kappa shape index (κ3) is 9.59. The average Bonchev–Trinajstić information content (AvgIpc) is 3.10. The van der Waals surface area contributed by atoms with Gasteiger partial charge >= 0.3 is 23.9 Å². The number of aliphatic carboxylic acids is 4. The van der Waals surface area contributed by atoms with E-state index in [0.717, 1.165) is 49.5 Å². The van der Waals surface area contributed by atoms with Gasteiger partial charge in [-0.15, -0.1) is 0 Å². The van der Waals surface area contributed by atoms with Gasteiger partial charge in [0, 0.05) is 54.5 Å². The van der Waals surface area contributed by atoms with Gasteiger partial charge in [-0.2, -0.15) is 0 Å². The molecule has 0 saturated carbocycles. The van der Waals surface area contributed by atoms with E-state index in [4.69, 9.17) is 13.9 Å². The number of hydrogen-bond donors (Lipinski definition) is 4. The Morgan fingerprint density at radius 2 is 1.24 bits per heavy atom. The molecule has 0 atom stereocenters. The fraction of sp³-hybridized carbons (Fsp3) is 0.256. The highest BCUT2D eigenvalue weighted by Gasteiger charge is 2.24. The Balaban J connectivity index is 1.59. The Morgan fingerprint density at radius 3 is 1.76 bits per heavy atom. The molecule has 1 aliphatic heterocycles. The van der Waals surface area contributed by atoms with Crippen molar-refractivity contribution < 1.29 is 57.9 Å². The highest BCUT2D eigenvalue weighted by atomic mass is 19.1. The van der Waals surface area contributed by atoms with E-state index in [0.29, 0.717) is 16.9 Å². The molecule has 5 rings (SSSR count). The molecule has 2 aliphatic rings. The molecule has 0 unspecified atom stereocenters. The molecule has 3 aromatic rings. The maximum absolute atomic E-state index is 14.3. The summed E-state index contributed by atoms with van der Waals surface area (Å²) in [4.78, 5) is 50.8. The van der Waals surface area contributed by atoms with Crippen molar-refractivity contribution in [2.45, 2.75) is 0 Å². The van der Waals surface area contributed by atoms with Gasteiger partial charge in [-0.3, -0.25) is 19.2 Å². The molecule has 0 saturated heterocycles. The van der Waals surface area contributed by atoms with Gasteiger partial charge in [0.25, 0.3) is 0 Å². The first-order chi connectivity index (χ1) is 26.1. The number of anilines is 3. The Labute approximate surface area is 314 Å². The van der Waals surface area contributed by atoms with E-state index in [1.54, 1.807) is 18.2 Å². The summed E-state index contributed by atoms with van der Waals surface area (Å²) < 4.78 is 34.7. The molecule has 3 aromatic carbocycles. The molecule has 1 heterocycles. The summed E-state index contributed by atoms with van der Waals surface area (Å²) in [5.74, 6) is -5.35. The van der Waals surface area contributed by atoms with Gasteiger partial charge in [-0.05, 0) is 48.0 Å². The van der Waals surface area contributed by atoms with Crippen molar-refractivity contribution in [3.8, 4) is 33.9 Å². The highest BCUT2D eigenvalue weighted by Crippen LogP contribution is 2.43. The number of halogens is 1. The lowest BCUT2D eigenvalue weighted by atomic mass is 9.93. The molecule has 0 bridgehead atoms. The first kappa shape index (κ1) is 39.4. The fourth-order valence-electron chi connectivity index (χ4n) is 6.06. The van der Waals surface area contributed by atoms with Crippen molar-refractivity contribution in [2.24, 2.45) is 0 Å². The third-order valence-corrected chi connectivity index (χ3v) is 8.48. The molecule has 0 fully saturated rings. The molecule has 55 heavy (non-hydrogen) atoms. The van der Waals surface area contributed by atoms with E-state index in [2.05, 4.69) is 0 Å². The lowest BCUT2D eigenvalue weighted by Crippen LogP contribution is -2.35.